The molecule has 0 aliphatic carbocycles. The highest BCUT2D eigenvalue weighted by molar-refractivity contribution is 5.90. The Morgan fingerprint density at radius 3 is 2.48 bits per heavy atom. The van der Waals surface area contributed by atoms with Crippen LogP contribution in [0.1, 0.15) is 11.1 Å². The molecular formula is C12H15N3O6. The van der Waals surface area contributed by atoms with E-state index in [1.54, 1.807) is 6.92 Å². The first kappa shape index (κ1) is 16.4. The van der Waals surface area contributed by atoms with Crippen molar-refractivity contribution in [1.29, 1.82) is 0 Å². The number of aliphatic carboxylic acids is 1. The largest absolute Gasteiger partial charge is 0.479 e. The lowest BCUT2D eigenvalue weighted by molar-refractivity contribution is -0.385. The minimum absolute atomic E-state index is 0.0558. The lowest BCUT2D eigenvalue weighted by Gasteiger charge is -2.12. The lowest BCUT2D eigenvalue weighted by atomic mass is 10.1. The summed E-state index contributed by atoms with van der Waals surface area (Å²) < 4.78 is 0. The van der Waals surface area contributed by atoms with Gasteiger partial charge < -0.3 is 20.8 Å². The summed E-state index contributed by atoms with van der Waals surface area (Å²) in [5.74, 6) is -1.45. The molecule has 1 aromatic rings. The summed E-state index contributed by atoms with van der Waals surface area (Å²) in [4.78, 5) is 32.2. The van der Waals surface area contributed by atoms with Crippen LogP contribution in [0.2, 0.25) is 0 Å². The van der Waals surface area contributed by atoms with Crippen LogP contribution in [-0.4, -0.2) is 39.8 Å². The molecule has 1 atom stereocenters. The Kier molecular flexibility index (Phi) is 5.19. The molecule has 9 heteroatoms. The molecular weight excluding hydrogens is 282 g/mol. The number of carboxylic acid groups (broad SMARTS) is 1. The van der Waals surface area contributed by atoms with Crippen LogP contribution >= 0.6 is 0 Å². The molecule has 114 valence electrons. The van der Waals surface area contributed by atoms with Gasteiger partial charge in [0, 0.05) is 17.3 Å². The van der Waals surface area contributed by atoms with Gasteiger partial charge in [-0.2, -0.15) is 0 Å². The fraction of sp³-hybridized carbons (Fsp3) is 0.333. The van der Waals surface area contributed by atoms with Gasteiger partial charge in [-0.25, -0.2) is 9.59 Å². The minimum atomic E-state index is -1.70. The van der Waals surface area contributed by atoms with Crippen molar-refractivity contribution in [1.82, 2.24) is 5.32 Å². The van der Waals surface area contributed by atoms with E-state index in [1.807, 2.05) is 0 Å². The smallest absolute Gasteiger partial charge is 0.334 e. The van der Waals surface area contributed by atoms with Crippen LogP contribution < -0.4 is 10.6 Å². The number of hydrogen-bond acceptors (Lipinski definition) is 5. The topological polar surface area (TPSA) is 142 Å². The number of nitrogens with zero attached hydrogens (tertiary/aromatic N) is 1. The van der Waals surface area contributed by atoms with E-state index in [2.05, 4.69) is 10.6 Å². The number of carbonyl (C=O) groups excluding carboxylic acids is 1. The number of nitro groups is 1. The number of hydrogen-bond donors (Lipinski definition) is 4. The first-order valence-corrected chi connectivity index (χ1v) is 5.93. The number of aliphatic hydroxyl groups excluding tert-OH is 1. The van der Waals surface area contributed by atoms with Gasteiger partial charge in [0.2, 0.25) is 0 Å². The van der Waals surface area contributed by atoms with Crippen LogP contribution in [0.5, 0.6) is 0 Å². The highest BCUT2D eigenvalue weighted by Gasteiger charge is 2.16. The quantitative estimate of drug-likeness (QED) is 0.467. The molecule has 9 nitrogen and oxygen atoms in total. The van der Waals surface area contributed by atoms with Gasteiger partial charge in [-0.05, 0) is 25.5 Å². The van der Waals surface area contributed by atoms with Crippen LogP contribution in [0.4, 0.5) is 16.2 Å². The van der Waals surface area contributed by atoms with Crippen molar-refractivity contribution in [2.75, 3.05) is 11.9 Å². The number of aliphatic hydroxyl groups is 1. The highest BCUT2D eigenvalue weighted by Crippen LogP contribution is 2.25. The number of nitrogens with one attached hydrogen (secondary N) is 2. The van der Waals surface area contributed by atoms with Crippen molar-refractivity contribution in [3.63, 3.8) is 0 Å². The van der Waals surface area contributed by atoms with Crippen molar-refractivity contribution in [3.05, 3.63) is 33.4 Å². The molecule has 4 N–H and O–H groups in total. The maximum Gasteiger partial charge on any atom is 0.334 e. The summed E-state index contributed by atoms with van der Waals surface area (Å²) in [6.45, 7) is 2.68. The maximum absolute atomic E-state index is 11.6. The summed E-state index contributed by atoms with van der Waals surface area (Å²) >= 11 is 0. The number of aryl methyl sites for hydroxylation is 2. The predicted molar refractivity (Wildman–Crippen MR) is 73.2 cm³/mol. The van der Waals surface area contributed by atoms with E-state index in [0.717, 1.165) is 0 Å². The average molecular weight is 297 g/mol. The average Bonchev–Trinajstić information content (AvgIpc) is 2.39. The standard InChI is InChI=1S/C12H15N3O6/c1-6-4-9(15(20)21)7(2)3-8(6)14-12(19)13-5-10(16)11(17)18/h3-4,10,16H,5H2,1-2H3,(H,17,18)(H2,13,14,19)/t10-/m0/s1. The number of carboxylic acids is 1. The van der Waals surface area contributed by atoms with Crippen molar-refractivity contribution < 1.29 is 24.7 Å². The number of amides is 2. The van der Waals surface area contributed by atoms with Gasteiger partial charge in [0.25, 0.3) is 5.69 Å². The molecule has 0 aliphatic heterocycles. The molecule has 0 unspecified atom stereocenters. The van der Waals surface area contributed by atoms with Gasteiger partial charge in [-0.15, -0.1) is 0 Å². The van der Waals surface area contributed by atoms with E-state index < -0.39 is 29.6 Å². The van der Waals surface area contributed by atoms with E-state index in [-0.39, 0.29) is 5.69 Å². The third-order valence-corrected chi connectivity index (χ3v) is 2.73. The maximum atomic E-state index is 11.6. The molecule has 0 saturated carbocycles. The zero-order chi connectivity index (χ0) is 16.2. The molecule has 0 heterocycles. The summed E-state index contributed by atoms with van der Waals surface area (Å²) in [6, 6.07) is 2.06. The second-order valence-corrected chi connectivity index (χ2v) is 4.40. The number of urea groups is 1. The fourth-order valence-electron chi connectivity index (χ4n) is 1.58. The minimum Gasteiger partial charge on any atom is -0.479 e. The Labute approximate surface area is 119 Å². The van der Waals surface area contributed by atoms with E-state index in [1.165, 1.54) is 19.1 Å². The molecule has 1 rings (SSSR count). The Hall–Kier alpha value is -2.68. The van der Waals surface area contributed by atoms with Crippen LogP contribution in [0.25, 0.3) is 0 Å². The Bertz CT molecular complexity index is 587. The number of anilines is 1. The molecule has 0 spiro atoms. The van der Waals surface area contributed by atoms with Crippen molar-refractivity contribution in [3.8, 4) is 0 Å². The zero-order valence-corrected chi connectivity index (χ0v) is 11.4. The number of benzene rings is 1. The summed E-state index contributed by atoms with van der Waals surface area (Å²) in [6.07, 6.45) is -1.70. The summed E-state index contributed by atoms with van der Waals surface area (Å²) in [5, 5.41) is 32.9. The highest BCUT2D eigenvalue weighted by atomic mass is 16.6. The fourth-order valence-corrected chi connectivity index (χ4v) is 1.58. The molecule has 0 radical (unpaired) electrons. The van der Waals surface area contributed by atoms with Crippen molar-refractivity contribution >= 4 is 23.4 Å². The van der Waals surface area contributed by atoms with Crippen molar-refractivity contribution in [2.45, 2.75) is 20.0 Å². The molecule has 21 heavy (non-hydrogen) atoms. The van der Waals surface area contributed by atoms with E-state index in [0.29, 0.717) is 16.8 Å². The third kappa shape index (κ3) is 4.42. The molecule has 0 aliphatic rings. The summed E-state index contributed by atoms with van der Waals surface area (Å²) in [7, 11) is 0. The van der Waals surface area contributed by atoms with Gasteiger partial charge in [0.05, 0.1) is 11.5 Å². The number of rotatable bonds is 5. The number of nitro benzene ring substituents is 1. The first-order valence-electron chi connectivity index (χ1n) is 5.93. The SMILES string of the molecule is Cc1cc([N+](=O)[O-])c(C)cc1NC(=O)NC[C@H](O)C(=O)O. The molecule has 2 amide bonds. The van der Waals surface area contributed by atoms with Crippen LogP contribution in [-0.2, 0) is 4.79 Å². The molecule has 0 saturated heterocycles. The second kappa shape index (κ2) is 6.66. The van der Waals surface area contributed by atoms with Gasteiger partial charge in [0.1, 0.15) is 0 Å². The molecule has 0 aromatic heterocycles. The van der Waals surface area contributed by atoms with E-state index in [9.17, 15) is 19.7 Å². The van der Waals surface area contributed by atoms with Crippen molar-refractivity contribution in [2.24, 2.45) is 0 Å². The molecule has 0 fully saturated rings. The van der Waals surface area contributed by atoms with E-state index >= 15 is 0 Å². The molecule has 0 bridgehead atoms. The normalized spacial score (nSPS) is 11.6. The van der Waals surface area contributed by atoms with E-state index in [4.69, 9.17) is 10.2 Å². The number of carbonyl (C=O) groups is 2. The molecule has 1 aromatic carbocycles. The van der Waals surface area contributed by atoms with Gasteiger partial charge in [-0.1, -0.05) is 0 Å². The van der Waals surface area contributed by atoms with Gasteiger partial charge in [-0.3, -0.25) is 10.1 Å². The monoisotopic (exact) mass is 297 g/mol. The van der Waals surface area contributed by atoms with Gasteiger partial charge >= 0.3 is 12.0 Å². The second-order valence-electron chi connectivity index (χ2n) is 4.40. The predicted octanol–water partition coefficient (Wildman–Crippen LogP) is 0.779. The summed E-state index contributed by atoms with van der Waals surface area (Å²) in [5.41, 5.74) is 1.17. The Morgan fingerprint density at radius 2 is 1.95 bits per heavy atom. The van der Waals surface area contributed by atoms with Gasteiger partial charge in [0.15, 0.2) is 6.10 Å². The van der Waals surface area contributed by atoms with Crippen LogP contribution in [0.15, 0.2) is 12.1 Å². The zero-order valence-electron chi connectivity index (χ0n) is 11.4. The third-order valence-electron chi connectivity index (χ3n) is 2.73. The van der Waals surface area contributed by atoms with Crippen LogP contribution in [0.3, 0.4) is 0 Å². The Morgan fingerprint density at radius 1 is 1.33 bits per heavy atom. The first-order chi connectivity index (χ1) is 9.72. The lowest BCUT2D eigenvalue weighted by Crippen LogP contribution is -2.38. The van der Waals surface area contributed by atoms with Crippen LogP contribution in [0, 0.1) is 24.0 Å². The Balaban J connectivity index is 2.75.